The fourth-order valence-electron chi connectivity index (χ4n) is 7.64. The average Bonchev–Trinajstić information content (AvgIpc) is 0.816. The molecule has 1 aromatic rings. The van der Waals surface area contributed by atoms with Gasteiger partial charge in [-0.25, -0.2) is 4.79 Å². The molecule has 0 aliphatic carbocycles. The van der Waals surface area contributed by atoms with Gasteiger partial charge in [-0.1, -0.05) is 77.0 Å². The minimum atomic E-state index is -7.05. The number of hydrogen-bond acceptors (Lipinski definition) is 9. The minimum absolute atomic E-state index is 0.0207. The van der Waals surface area contributed by atoms with E-state index in [0.717, 1.165) is 12.1 Å². The quantitative estimate of drug-likeness (QED) is 0.0388. The number of esters is 1. The second-order valence-electron chi connectivity index (χ2n) is 19.7. The van der Waals surface area contributed by atoms with Gasteiger partial charge in [0.15, 0.2) is 11.5 Å². The van der Waals surface area contributed by atoms with Crippen LogP contribution in [0.3, 0.4) is 0 Å². The van der Waals surface area contributed by atoms with E-state index in [9.17, 15) is 123 Å². The van der Waals surface area contributed by atoms with E-state index in [0.29, 0.717) is 0 Å². The van der Waals surface area contributed by atoms with Gasteiger partial charge in [0.2, 0.25) is 5.75 Å². The number of hydrogen-bond donors (Lipinski definition) is 1. The third-order valence-corrected chi connectivity index (χ3v) is 12.7. The van der Waals surface area contributed by atoms with Gasteiger partial charge in [0.25, 0.3) is 0 Å². The van der Waals surface area contributed by atoms with E-state index in [-0.39, 0.29) is 192 Å². The fraction of sp³-hybridized carbons (Fsp3) is 0.863. The van der Waals surface area contributed by atoms with E-state index in [1.165, 1.54) is 0 Å². The van der Waals surface area contributed by atoms with Crippen molar-refractivity contribution < 1.29 is 162 Å². The highest BCUT2D eigenvalue weighted by molar-refractivity contribution is 5.91. The van der Waals surface area contributed by atoms with E-state index >= 15 is 0 Å². The number of benzene rings is 1. The van der Waals surface area contributed by atoms with Crippen molar-refractivity contribution in [3.8, 4) is 17.2 Å². The maximum Gasteiger partial charge on any atom is 0.460 e. The lowest BCUT2D eigenvalue weighted by Crippen LogP contribution is -2.60. The van der Waals surface area contributed by atoms with Gasteiger partial charge in [-0.2, -0.15) is 119 Å². The number of rotatable bonds is 48. The number of aliphatic hydroxyl groups excluding tert-OH is 1. The third-order valence-electron chi connectivity index (χ3n) is 12.7. The van der Waals surface area contributed by atoms with E-state index in [1.807, 2.05) is 0 Å². The number of halogens is 27. The molecule has 9 nitrogen and oxygen atoms in total. The van der Waals surface area contributed by atoms with Crippen molar-refractivity contribution in [1.82, 2.24) is 0 Å². The van der Waals surface area contributed by atoms with Gasteiger partial charge in [0.1, 0.15) is 6.61 Å². The Hall–Kier alpha value is -3.96. The normalized spacial score (nSPS) is 14.0. The van der Waals surface area contributed by atoms with Crippen LogP contribution < -0.4 is 14.2 Å². The molecule has 87 heavy (non-hydrogen) atoms. The maximum absolute atomic E-state index is 14.0. The molecule has 1 rings (SSSR count). The van der Waals surface area contributed by atoms with E-state index in [1.54, 1.807) is 0 Å². The second-order valence-corrected chi connectivity index (χ2v) is 19.7. The molecule has 36 heteroatoms. The van der Waals surface area contributed by atoms with Crippen molar-refractivity contribution in [3.05, 3.63) is 17.7 Å². The Bertz CT molecular complexity index is 2010. The molecule has 0 aliphatic rings. The molecule has 0 saturated carbocycles. The van der Waals surface area contributed by atoms with Crippen molar-refractivity contribution in [3.63, 3.8) is 0 Å². The van der Waals surface area contributed by atoms with Crippen LogP contribution in [0.4, 0.5) is 119 Å². The molecule has 0 aliphatic heterocycles. The zero-order valence-corrected chi connectivity index (χ0v) is 46.2. The zero-order chi connectivity index (χ0) is 66.9. The van der Waals surface area contributed by atoms with Gasteiger partial charge in [-0.05, 0) is 50.7 Å². The van der Waals surface area contributed by atoms with Gasteiger partial charge < -0.3 is 38.3 Å². The molecule has 0 amide bonds. The molecule has 1 N–H and O–H groups in total. The lowest BCUT2D eigenvalue weighted by Gasteiger charge is -2.33. The predicted molar refractivity (Wildman–Crippen MR) is 252 cm³/mol. The molecule has 0 spiro atoms. The summed E-state index contributed by atoms with van der Waals surface area (Å²) in [4.78, 5) is 13.3. The third kappa shape index (κ3) is 23.7. The van der Waals surface area contributed by atoms with Gasteiger partial charge >= 0.3 is 77.8 Å². The average molecular weight is 1340 g/mol. The highest BCUT2D eigenvalue weighted by Crippen LogP contribution is 2.57. The van der Waals surface area contributed by atoms with Gasteiger partial charge in [-0.15, -0.1) is 0 Å². The molecular weight excluding hydrogens is 1270 g/mol. The van der Waals surface area contributed by atoms with Crippen LogP contribution in [-0.4, -0.2) is 156 Å². The second kappa shape index (κ2) is 35.0. The molecule has 0 bridgehead atoms. The van der Waals surface area contributed by atoms with E-state index in [2.05, 4.69) is 0 Å². The standard InChI is InChI=1S/C51H67F27O9/c52-40(53,43(58,59)46(64,65)49(70,71)72)19-13-7-1-4-10-16-23-84-36-33-35(39(80)87-32-31-83-30-29-82-28-27-81-26-22-79)34-37(85-24-17-11-5-2-8-14-20-41(54,55)44(60,61)47(66,67)50(73,74)75)38(36)86-25-18-12-6-3-9-15-21-42(56,57)45(62,63)48(68,69)51(76,77)78/h33-34,79H,1-32H2. The lowest BCUT2D eigenvalue weighted by molar-refractivity contribution is -0.396. The Morgan fingerprint density at radius 3 is 0.851 bits per heavy atom. The first kappa shape index (κ1) is 81.1. The fourth-order valence-corrected chi connectivity index (χ4v) is 7.64. The molecule has 514 valence electrons. The van der Waals surface area contributed by atoms with Crippen molar-refractivity contribution in [1.29, 1.82) is 0 Å². The Labute approximate surface area is 481 Å². The first-order chi connectivity index (χ1) is 39.9. The highest BCUT2D eigenvalue weighted by atomic mass is 19.4. The summed E-state index contributed by atoms with van der Waals surface area (Å²) in [5.41, 5.74) is -0.269. The molecule has 0 fully saturated rings. The Balaban J connectivity index is 3.23. The number of alkyl halides is 27. The predicted octanol–water partition coefficient (Wildman–Crippen LogP) is 17.6. The first-order valence-corrected chi connectivity index (χ1v) is 27.0. The topological polar surface area (TPSA) is 102 Å². The molecule has 0 radical (unpaired) electrons. The van der Waals surface area contributed by atoms with Crippen LogP contribution in [0, 0.1) is 0 Å². The largest absolute Gasteiger partial charge is 0.490 e. The van der Waals surface area contributed by atoms with Crippen LogP contribution in [0.15, 0.2) is 12.1 Å². The maximum atomic E-state index is 14.0. The minimum Gasteiger partial charge on any atom is -0.490 e. The van der Waals surface area contributed by atoms with Gasteiger partial charge in [-0.3, -0.25) is 0 Å². The summed E-state index contributed by atoms with van der Waals surface area (Å²) in [6, 6.07) is 2.23. The summed E-state index contributed by atoms with van der Waals surface area (Å²) in [7, 11) is 0. The van der Waals surface area contributed by atoms with Gasteiger partial charge in [0, 0.05) is 19.3 Å². The summed E-state index contributed by atoms with van der Waals surface area (Å²) in [5, 5.41) is 8.73. The lowest BCUT2D eigenvalue weighted by atomic mass is 9.98. The summed E-state index contributed by atoms with van der Waals surface area (Å²) in [6.45, 7) is -0.976. The van der Waals surface area contributed by atoms with Crippen LogP contribution >= 0.6 is 0 Å². The van der Waals surface area contributed by atoms with Crippen molar-refractivity contribution >= 4 is 5.97 Å². The summed E-state index contributed by atoms with van der Waals surface area (Å²) in [6.07, 6.45) is -29.6. The number of ether oxygens (including phenoxy) is 7. The Morgan fingerprint density at radius 2 is 0.563 bits per heavy atom. The number of carbonyl (C=O) groups is 1. The van der Waals surface area contributed by atoms with Crippen molar-refractivity contribution in [2.45, 2.75) is 207 Å². The van der Waals surface area contributed by atoms with E-state index in [4.69, 9.17) is 38.3 Å². The first-order valence-electron chi connectivity index (χ1n) is 27.0. The van der Waals surface area contributed by atoms with Crippen LogP contribution in [0.5, 0.6) is 17.2 Å². The molecule has 1 aromatic carbocycles. The SMILES string of the molecule is O=C(OCCOCCOCCOCCO)c1cc(OCCCCCCCCC(F)(F)C(F)(F)C(F)(F)C(F)(F)F)c(OCCCCCCCCC(F)(F)C(F)(F)C(F)(F)C(F)(F)F)c(OCCCCCCCCC(F)(F)C(F)(F)C(F)(F)C(F)(F)F)c1. The highest BCUT2D eigenvalue weighted by Gasteiger charge is 2.83. The number of unbranched alkanes of at least 4 members (excludes halogenated alkanes) is 15. The molecule has 0 aromatic heterocycles. The molecule has 0 saturated heterocycles. The van der Waals surface area contributed by atoms with Crippen LogP contribution in [0.1, 0.15) is 145 Å². The number of carbonyl (C=O) groups excluding carboxylic acids is 1. The molecule has 0 unspecified atom stereocenters. The molecule has 0 atom stereocenters. The smallest absolute Gasteiger partial charge is 0.460 e. The summed E-state index contributed by atoms with van der Waals surface area (Å²) >= 11 is 0. The van der Waals surface area contributed by atoms with Crippen LogP contribution in [-0.2, 0) is 18.9 Å². The van der Waals surface area contributed by atoms with Crippen molar-refractivity contribution in [2.24, 2.45) is 0 Å². The molecule has 0 heterocycles. The summed E-state index contributed by atoms with van der Waals surface area (Å²) in [5.74, 6) is -60.4. The Morgan fingerprint density at radius 1 is 0.310 bits per heavy atom. The van der Waals surface area contributed by atoms with Gasteiger partial charge in [0.05, 0.1) is 71.6 Å². The van der Waals surface area contributed by atoms with E-state index < -0.39 is 116 Å². The zero-order valence-electron chi connectivity index (χ0n) is 46.2. The Kier molecular flexibility index (Phi) is 32.6. The number of aliphatic hydroxyl groups is 1. The summed E-state index contributed by atoms with van der Waals surface area (Å²) < 4.78 is 396. The monoisotopic (exact) mass is 1340 g/mol. The molecular formula is C51H67F27O9. The van der Waals surface area contributed by atoms with Crippen LogP contribution in [0.2, 0.25) is 0 Å². The van der Waals surface area contributed by atoms with Crippen LogP contribution in [0.25, 0.3) is 0 Å². The van der Waals surface area contributed by atoms with Crippen molar-refractivity contribution in [2.75, 3.05) is 72.7 Å².